The normalized spacial score (nSPS) is 10.2. The van der Waals surface area contributed by atoms with Crippen molar-refractivity contribution in [3.63, 3.8) is 0 Å². The maximum Gasteiger partial charge on any atom is 0.228 e. The number of hydrogen-bond donors (Lipinski definition) is 1. The summed E-state index contributed by atoms with van der Waals surface area (Å²) in [7, 11) is 4.55. The average Bonchev–Trinajstić information content (AvgIpc) is 2.56. The van der Waals surface area contributed by atoms with Crippen molar-refractivity contribution in [2.75, 3.05) is 26.6 Å². The molecule has 0 aromatic heterocycles. The van der Waals surface area contributed by atoms with E-state index in [1.54, 1.807) is 19.1 Å². The van der Waals surface area contributed by atoms with E-state index in [0.29, 0.717) is 34.1 Å². The second-order valence-electron chi connectivity index (χ2n) is 5.22. The van der Waals surface area contributed by atoms with Crippen molar-refractivity contribution in [2.45, 2.75) is 13.3 Å². The average molecular weight is 333 g/mol. The zero-order chi connectivity index (χ0) is 17.7. The number of aryl methyl sites for hydroxylation is 1. The van der Waals surface area contributed by atoms with Crippen LogP contribution in [0.15, 0.2) is 30.3 Å². The van der Waals surface area contributed by atoms with E-state index in [9.17, 15) is 9.18 Å². The van der Waals surface area contributed by atoms with Crippen LogP contribution in [0.1, 0.15) is 11.1 Å². The third-order valence-corrected chi connectivity index (χ3v) is 3.55. The molecule has 2 aromatic rings. The fourth-order valence-electron chi connectivity index (χ4n) is 2.38. The number of benzene rings is 2. The van der Waals surface area contributed by atoms with Gasteiger partial charge in [0.15, 0.2) is 11.5 Å². The Morgan fingerprint density at radius 2 is 1.67 bits per heavy atom. The Morgan fingerprint density at radius 1 is 1.04 bits per heavy atom. The van der Waals surface area contributed by atoms with Crippen LogP contribution in [0.3, 0.4) is 0 Å². The molecular formula is C18H20FNO4. The molecule has 6 heteroatoms. The highest BCUT2D eigenvalue weighted by Crippen LogP contribution is 2.38. The quantitative estimate of drug-likeness (QED) is 0.881. The summed E-state index contributed by atoms with van der Waals surface area (Å²) >= 11 is 0. The molecule has 0 saturated heterocycles. The van der Waals surface area contributed by atoms with Crippen molar-refractivity contribution in [1.29, 1.82) is 0 Å². The van der Waals surface area contributed by atoms with E-state index in [2.05, 4.69) is 5.32 Å². The summed E-state index contributed by atoms with van der Waals surface area (Å²) in [5.41, 5.74) is 1.95. The number of ether oxygens (including phenoxy) is 3. The standard InChI is InChI=1S/C18H20FNO4/c1-11-7-13(19)5-6-14(11)20-17(21)10-12-8-15(22-2)18(24-4)16(9-12)23-3/h5-9H,10H2,1-4H3,(H,20,21). The van der Waals surface area contributed by atoms with E-state index in [-0.39, 0.29) is 18.1 Å². The van der Waals surface area contributed by atoms with Gasteiger partial charge in [-0.05, 0) is 48.4 Å². The van der Waals surface area contributed by atoms with Gasteiger partial charge < -0.3 is 19.5 Å². The molecule has 0 aliphatic heterocycles. The lowest BCUT2D eigenvalue weighted by Crippen LogP contribution is -2.15. The van der Waals surface area contributed by atoms with Gasteiger partial charge in [0.1, 0.15) is 5.82 Å². The first-order valence-corrected chi connectivity index (χ1v) is 7.33. The number of amides is 1. The number of carbonyl (C=O) groups is 1. The van der Waals surface area contributed by atoms with Crippen molar-refractivity contribution in [2.24, 2.45) is 0 Å². The van der Waals surface area contributed by atoms with Crippen molar-refractivity contribution in [3.8, 4) is 17.2 Å². The first-order chi connectivity index (χ1) is 11.5. The second kappa shape index (κ2) is 7.68. The van der Waals surface area contributed by atoms with Crippen LogP contribution >= 0.6 is 0 Å². The molecule has 24 heavy (non-hydrogen) atoms. The summed E-state index contributed by atoms with van der Waals surface area (Å²) in [4.78, 5) is 12.3. The Balaban J connectivity index is 2.19. The molecule has 0 unspecified atom stereocenters. The molecule has 0 fully saturated rings. The van der Waals surface area contributed by atoms with Crippen LogP contribution in [-0.2, 0) is 11.2 Å². The molecule has 0 spiro atoms. The number of anilines is 1. The third-order valence-electron chi connectivity index (χ3n) is 3.55. The maximum atomic E-state index is 13.1. The largest absolute Gasteiger partial charge is 0.493 e. The van der Waals surface area contributed by atoms with Crippen molar-refractivity contribution in [3.05, 3.63) is 47.3 Å². The van der Waals surface area contributed by atoms with Crippen LogP contribution in [0, 0.1) is 12.7 Å². The van der Waals surface area contributed by atoms with Crippen molar-refractivity contribution in [1.82, 2.24) is 0 Å². The second-order valence-corrected chi connectivity index (χ2v) is 5.22. The predicted molar refractivity (Wildman–Crippen MR) is 89.6 cm³/mol. The van der Waals surface area contributed by atoms with E-state index >= 15 is 0 Å². The van der Waals surface area contributed by atoms with Gasteiger partial charge in [-0.25, -0.2) is 4.39 Å². The zero-order valence-corrected chi connectivity index (χ0v) is 14.1. The lowest BCUT2D eigenvalue weighted by molar-refractivity contribution is -0.115. The Hall–Kier alpha value is -2.76. The summed E-state index contributed by atoms with van der Waals surface area (Å²) in [5.74, 6) is 0.878. The van der Waals surface area contributed by atoms with Gasteiger partial charge in [0, 0.05) is 5.69 Å². The smallest absolute Gasteiger partial charge is 0.228 e. The third kappa shape index (κ3) is 3.95. The molecule has 0 bridgehead atoms. The fourth-order valence-corrected chi connectivity index (χ4v) is 2.38. The molecule has 2 aromatic carbocycles. The number of methoxy groups -OCH3 is 3. The maximum absolute atomic E-state index is 13.1. The Bertz CT molecular complexity index is 721. The predicted octanol–water partition coefficient (Wildman–Crippen LogP) is 3.34. The van der Waals surface area contributed by atoms with Crippen LogP contribution in [0.5, 0.6) is 17.2 Å². The van der Waals surface area contributed by atoms with Gasteiger partial charge in [0.25, 0.3) is 0 Å². The summed E-state index contributed by atoms with van der Waals surface area (Å²) in [6, 6.07) is 7.66. The first kappa shape index (κ1) is 17.6. The molecule has 128 valence electrons. The molecule has 0 atom stereocenters. The molecule has 0 saturated carbocycles. The highest BCUT2D eigenvalue weighted by atomic mass is 19.1. The zero-order valence-electron chi connectivity index (χ0n) is 14.1. The minimum Gasteiger partial charge on any atom is -0.493 e. The molecule has 0 radical (unpaired) electrons. The van der Waals surface area contributed by atoms with Gasteiger partial charge in [-0.3, -0.25) is 4.79 Å². The monoisotopic (exact) mass is 333 g/mol. The van der Waals surface area contributed by atoms with Crippen molar-refractivity contribution < 1.29 is 23.4 Å². The molecule has 1 amide bonds. The van der Waals surface area contributed by atoms with Crippen LogP contribution in [-0.4, -0.2) is 27.2 Å². The topological polar surface area (TPSA) is 56.8 Å². The molecule has 0 heterocycles. The number of halogens is 1. The van der Waals surface area contributed by atoms with E-state index in [1.165, 1.54) is 39.5 Å². The fraction of sp³-hybridized carbons (Fsp3) is 0.278. The van der Waals surface area contributed by atoms with Crippen molar-refractivity contribution >= 4 is 11.6 Å². The lowest BCUT2D eigenvalue weighted by atomic mass is 10.1. The van der Waals surface area contributed by atoms with E-state index in [1.807, 2.05) is 0 Å². The molecule has 2 rings (SSSR count). The molecule has 1 N–H and O–H groups in total. The van der Waals surface area contributed by atoms with Gasteiger partial charge in [0.2, 0.25) is 11.7 Å². The van der Waals surface area contributed by atoms with Gasteiger partial charge in [-0.1, -0.05) is 0 Å². The highest BCUT2D eigenvalue weighted by molar-refractivity contribution is 5.93. The van der Waals surface area contributed by atoms with E-state index < -0.39 is 0 Å². The highest BCUT2D eigenvalue weighted by Gasteiger charge is 2.15. The molecular weight excluding hydrogens is 313 g/mol. The van der Waals surface area contributed by atoms with Gasteiger partial charge in [-0.2, -0.15) is 0 Å². The summed E-state index contributed by atoms with van der Waals surface area (Å²) in [6.07, 6.45) is 0.119. The van der Waals surface area contributed by atoms with Crippen LogP contribution in [0.25, 0.3) is 0 Å². The summed E-state index contributed by atoms with van der Waals surface area (Å²) < 4.78 is 28.9. The van der Waals surface area contributed by atoms with Crippen LogP contribution in [0.4, 0.5) is 10.1 Å². The molecule has 0 aliphatic rings. The minimum atomic E-state index is -0.338. The number of rotatable bonds is 6. The van der Waals surface area contributed by atoms with E-state index in [0.717, 1.165) is 0 Å². The van der Waals surface area contributed by atoms with Gasteiger partial charge in [0.05, 0.1) is 27.8 Å². The van der Waals surface area contributed by atoms with Gasteiger partial charge in [-0.15, -0.1) is 0 Å². The molecule has 0 aliphatic carbocycles. The molecule has 5 nitrogen and oxygen atoms in total. The Labute approximate surface area is 140 Å². The Kier molecular flexibility index (Phi) is 5.63. The number of nitrogens with one attached hydrogen (secondary N) is 1. The van der Waals surface area contributed by atoms with Crippen LogP contribution < -0.4 is 19.5 Å². The van der Waals surface area contributed by atoms with E-state index in [4.69, 9.17) is 14.2 Å². The number of hydrogen-bond acceptors (Lipinski definition) is 4. The van der Waals surface area contributed by atoms with Crippen LogP contribution in [0.2, 0.25) is 0 Å². The number of carbonyl (C=O) groups excluding carboxylic acids is 1. The summed E-state index contributed by atoms with van der Waals surface area (Å²) in [5, 5.41) is 2.77. The SMILES string of the molecule is COc1cc(CC(=O)Nc2ccc(F)cc2C)cc(OC)c1OC. The lowest BCUT2D eigenvalue weighted by Gasteiger charge is -2.14. The Morgan fingerprint density at radius 3 is 2.17 bits per heavy atom. The van der Waals surface area contributed by atoms with Gasteiger partial charge >= 0.3 is 0 Å². The first-order valence-electron chi connectivity index (χ1n) is 7.33. The summed E-state index contributed by atoms with van der Waals surface area (Å²) in [6.45, 7) is 1.73. The minimum absolute atomic E-state index is 0.119.